The number of carbonyl (C=O) groups is 4. The highest BCUT2D eigenvalue weighted by Gasteiger charge is 2.38. The maximum Gasteiger partial charge on any atom is 0.247 e. The molecule has 0 spiro atoms. The smallest absolute Gasteiger partial charge is 0.247 e. The van der Waals surface area contributed by atoms with E-state index >= 15 is 0 Å². The van der Waals surface area contributed by atoms with Gasteiger partial charge in [-0.05, 0) is 29.5 Å². The van der Waals surface area contributed by atoms with E-state index in [1.807, 2.05) is 56.3 Å². The zero-order chi connectivity index (χ0) is 27.8. The fourth-order valence-electron chi connectivity index (χ4n) is 4.55. The van der Waals surface area contributed by atoms with E-state index in [9.17, 15) is 19.2 Å². The van der Waals surface area contributed by atoms with Gasteiger partial charge in [-0.3, -0.25) is 24.1 Å². The molecule has 39 heavy (non-hydrogen) atoms. The number of benzene rings is 2. The fraction of sp³-hybridized carbons (Fsp3) is 0.370. The van der Waals surface area contributed by atoms with Gasteiger partial charge in [0, 0.05) is 12.1 Å². The molecule has 0 aliphatic carbocycles. The molecule has 0 saturated carbocycles. The number of tetrazole rings is 1. The second-order valence-corrected chi connectivity index (χ2v) is 9.79. The predicted molar refractivity (Wildman–Crippen MR) is 142 cm³/mol. The second kappa shape index (κ2) is 12.8. The van der Waals surface area contributed by atoms with Gasteiger partial charge in [-0.1, -0.05) is 67.6 Å². The molecule has 4 rings (SSSR count). The number of hydrogen-bond donors (Lipinski definition) is 4. The van der Waals surface area contributed by atoms with Gasteiger partial charge >= 0.3 is 0 Å². The molecule has 2 heterocycles. The lowest BCUT2D eigenvalue weighted by Crippen LogP contribution is -2.53. The standard InChI is InChI=1S/C27H32N8O4/c1-17(2)12-20(30-24(36)13-18-8-4-3-5-9-18)26(38)29-16-25(37)35-21-11-7-6-10-19(21)14-22(35)27(39)28-15-23-31-33-34-32-23/h3-11,17,20,22H,12-16H2,1-2H3,(H,28,39)(H,29,38)(H,30,36)(H,31,32,33,34)/t20-,22-/m0/s1. The molecule has 1 aliphatic heterocycles. The third-order valence-corrected chi connectivity index (χ3v) is 6.34. The van der Waals surface area contributed by atoms with Gasteiger partial charge in [0.05, 0.1) is 19.5 Å². The lowest BCUT2D eigenvalue weighted by Gasteiger charge is -2.26. The number of nitrogens with one attached hydrogen (secondary N) is 4. The van der Waals surface area contributed by atoms with Crippen LogP contribution >= 0.6 is 0 Å². The molecule has 12 heteroatoms. The summed E-state index contributed by atoms with van der Waals surface area (Å²) in [5.74, 6) is -1.10. The summed E-state index contributed by atoms with van der Waals surface area (Å²) in [5, 5.41) is 21.6. The molecule has 12 nitrogen and oxygen atoms in total. The van der Waals surface area contributed by atoms with Crippen molar-refractivity contribution in [3.05, 3.63) is 71.5 Å². The van der Waals surface area contributed by atoms with E-state index in [4.69, 9.17) is 0 Å². The second-order valence-electron chi connectivity index (χ2n) is 9.79. The number of hydrogen-bond acceptors (Lipinski definition) is 7. The Bertz CT molecular complexity index is 1300. The number of aromatic amines is 1. The quantitative estimate of drug-likeness (QED) is 0.282. The minimum Gasteiger partial charge on any atom is -0.347 e. The Kier molecular flexibility index (Phi) is 8.97. The molecule has 4 N–H and O–H groups in total. The first-order valence-corrected chi connectivity index (χ1v) is 12.8. The molecular formula is C27H32N8O4. The van der Waals surface area contributed by atoms with Gasteiger partial charge in [-0.25, -0.2) is 0 Å². The summed E-state index contributed by atoms with van der Waals surface area (Å²) in [7, 11) is 0. The van der Waals surface area contributed by atoms with Gasteiger partial charge in [-0.15, -0.1) is 10.2 Å². The third kappa shape index (κ3) is 7.24. The van der Waals surface area contributed by atoms with Crippen LogP contribution in [0.4, 0.5) is 5.69 Å². The number of rotatable bonds is 11. The van der Waals surface area contributed by atoms with Crippen molar-refractivity contribution in [2.45, 2.75) is 51.7 Å². The molecule has 3 aromatic rings. The van der Waals surface area contributed by atoms with Gasteiger partial charge in [0.2, 0.25) is 23.6 Å². The monoisotopic (exact) mass is 532 g/mol. The third-order valence-electron chi connectivity index (χ3n) is 6.34. The zero-order valence-corrected chi connectivity index (χ0v) is 21.9. The number of anilines is 1. The van der Waals surface area contributed by atoms with Gasteiger partial charge in [-0.2, -0.15) is 5.21 Å². The largest absolute Gasteiger partial charge is 0.347 e. The average molecular weight is 533 g/mol. The van der Waals surface area contributed by atoms with E-state index < -0.39 is 23.9 Å². The zero-order valence-electron chi connectivity index (χ0n) is 21.9. The first-order valence-electron chi connectivity index (χ1n) is 12.8. The Balaban J connectivity index is 1.40. The van der Waals surface area contributed by atoms with Crippen LogP contribution in [-0.2, 0) is 38.6 Å². The summed E-state index contributed by atoms with van der Waals surface area (Å²) < 4.78 is 0. The Morgan fingerprint density at radius 2 is 1.77 bits per heavy atom. The number of amides is 4. The number of fused-ring (bicyclic) bond motifs is 1. The van der Waals surface area contributed by atoms with Crippen molar-refractivity contribution in [3.63, 3.8) is 0 Å². The summed E-state index contributed by atoms with van der Waals surface area (Å²) in [6.07, 6.45) is 0.889. The van der Waals surface area contributed by atoms with Crippen molar-refractivity contribution in [2.75, 3.05) is 11.4 Å². The maximum atomic E-state index is 13.4. The maximum absolute atomic E-state index is 13.4. The van der Waals surface area contributed by atoms with Crippen LogP contribution in [0.3, 0.4) is 0 Å². The number of H-pyrrole nitrogens is 1. The van der Waals surface area contributed by atoms with Crippen LogP contribution in [0.15, 0.2) is 54.6 Å². The molecule has 0 fully saturated rings. The molecular weight excluding hydrogens is 500 g/mol. The molecule has 0 bridgehead atoms. The van der Waals surface area contributed by atoms with E-state index in [2.05, 4.69) is 36.6 Å². The molecule has 0 radical (unpaired) electrons. The normalized spacial score (nSPS) is 14.9. The summed E-state index contributed by atoms with van der Waals surface area (Å²) >= 11 is 0. The number of nitrogens with zero attached hydrogens (tertiary/aromatic N) is 4. The number of carbonyl (C=O) groups excluding carboxylic acids is 4. The van der Waals surface area contributed by atoms with Crippen LogP contribution in [0.5, 0.6) is 0 Å². The van der Waals surface area contributed by atoms with Crippen molar-refractivity contribution in [1.29, 1.82) is 0 Å². The minimum absolute atomic E-state index is 0.0561. The molecule has 1 aromatic heterocycles. The highest BCUT2D eigenvalue weighted by atomic mass is 16.2. The van der Waals surface area contributed by atoms with Crippen LogP contribution in [0.25, 0.3) is 0 Å². The minimum atomic E-state index is -0.797. The van der Waals surface area contributed by atoms with Crippen LogP contribution in [0, 0.1) is 5.92 Å². The molecule has 1 aliphatic rings. The molecule has 204 valence electrons. The van der Waals surface area contributed by atoms with Gasteiger partial charge < -0.3 is 16.0 Å². The van der Waals surface area contributed by atoms with Crippen LogP contribution in [0.1, 0.15) is 37.2 Å². The Morgan fingerprint density at radius 3 is 2.49 bits per heavy atom. The van der Waals surface area contributed by atoms with Gasteiger partial charge in [0.15, 0.2) is 5.82 Å². The van der Waals surface area contributed by atoms with Crippen molar-refractivity contribution in [3.8, 4) is 0 Å². The summed E-state index contributed by atoms with van der Waals surface area (Å²) in [6, 6.07) is 14.9. The highest BCUT2D eigenvalue weighted by Crippen LogP contribution is 2.32. The van der Waals surface area contributed by atoms with Crippen molar-refractivity contribution in [1.82, 2.24) is 36.6 Å². The SMILES string of the molecule is CC(C)C[C@H](NC(=O)Cc1ccccc1)C(=O)NCC(=O)N1c2ccccc2C[C@H]1C(=O)NCc1nn[nH]n1. The Labute approximate surface area is 225 Å². The number of aromatic nitrogens is 4. The van der Waals surface area contributed by atoms with Crippen molar-refractivity contribution < 1.29 is 19.2 Å². The summed E-state index contributed by atoms with van der Waals surface area (Å²) in [5.41, 5.74) is 2.30. The summed E-state index contributed by atoms with van der Waals surface area (Å²) in [4.78, 5) is 53.5. The first kappa shape index (κ1) is 27.4. The molecule has 2 aromatic carbocycles. The van der Waals surface area contributed by atoms with Crippen LogP contribution < -0.4 is 20.9 Å². The van der Waals surface area contributed by atoms with Crippen LogP contribution in [-0.4, -0.2) is 62.9 Å². The van der Waals surface area contributed by atoms with Crippen LogP contribution in [0.2, 0.25) is 0 Å². The van der Waals surface area contributed by atoms with Crippen molar-refractivity contribution >= 4 is 29.3 Å². The van der Waals surface area contributed by atoms with E-state index in [0.717, 1.165) is 11.1 Å². The van der Waals surface area contributed by atoms with Crippen molar-refractivity contribution in [2.24, 2.45) is 5.92 Å². The number of para-hydroxylation sites is 1. The van der Waals surface area contributed by atoms with Gasteiger partial charge in [0.25, 0.3) is 0 Å². The topological polar surface area (TPSA) is 162 Å². The molecule has 0 saturated heterocycles. The Morgan fingerprint density at radius 1 is 1.03 bits per heavy atom. The lowest BCUT2D eigenvalue weighted by atomic mass is 10.0. The van der Waals surface area contributed by atoms with Gasteiger partial charge in [0.1, 0.15) is 12.1 Å². The van der Waals surface area contributed by atoms with E-state index in [1.54, 1.807) is 12.1 Å². The van der Waals surface area contributed by atoms with E-state index in [1.165, 1.54) is 4.90 Å². The van der Waals surface area contributed by atoms with E-state index in [-0.39, 0.29) is 37.2 Å². The molecule has 4 amide bonds. The first-order chi connectivity index (χ1) is 18.8. The average Bonchev–Trinajstić information content (AvgIpc) is 3.58. The fourth-order valence-corrected chi connectivity index (χ4v) is 4.55. The predicted octanol–water partition coefficient (Wildman–Crippen LogP) is 0.664. The van der Waals surface area contributed by atoms with E-state index in [0.29, 0.717) is 24.4 Å². The lowest BCUT2D eigenvalue weighted by molar-refractivity contribution is -0.130. The molecule has 0 unspecified atom stereocenters. The summed E-state index contributed by atoms with van der Waals surface area (Å²) in [6.45, 7) is 3.63. The highest BCUT2D eigenvalue weighted by molar-refractivity contribution is 6.05. The molecule has 2 atom stereocenters. The Hall–Kier alpha value is -4.61.